The van der Waals surface area contributed by atoms with E-state index in [1.807, 2.05) is 0 Å². The summed E-state index contributed by atoms with van der Waals surface area (Å²) in [4.78, 5) is 11.7. The number of benzene rings is 1. The lowest BCUT2D eigenvalue weighted by atomic mass is 10.1. The Kier molecular flexibility index (Phi) is 4.58. The molecule has 0 bridgehead atoms. The zero-order chi connectivity index (χ0) is 12.1. The van der Waals surface area contributed by atoms with Gasteiger partial charge in [0, 0.05) is 6.54 Å². The highest BCUT2D eigenvalue weighted by Crippen LogP contribution is 2.22. The van der Waals surface area contributed by atoms with Crippen molar-refractivity contribution < 1.29 is 9.90 Å². The van der Waals surface area contributed by atoms with E-state index in [9.17, 15) is 4.79 Å². The Labute approximate surface area is 99.4 Å². The van der Waals surface area contributed by atoms with Crippen LogP contribution in [0.2, 0.25) is 5.02 Å². The SMILES string of the molecule is CC(O)CCNC(=O)c1cccc(Cl)c1N. The Hall–Kier alpha value is -1.26. The van der Waals surface area contributed by atoms with E-state index in [0.29, 0.717) is 23.6 Å². The van der Waals surface area contributed by atoms with E-state index in [1.165, 1.54) is 0 Å². The lowest BCUT2D eigenvalue weighted by molar-refractivity contribution is 0.0946. The van der Waals surface area contributed by atoms with Gasteiger partial charge in [0.1, 0.15) is 0 Å². The van der Waals surface area contributed by atoms with Gasteiger partial charge < -0.3 is 16.2 Å². The van der Waals surface area contributed by atoms with Crippen molar-refractivity contribution in [3.8, 4) is 0 Å². The molecule has 0 radical (unpaired) electrons. The minimum atomic E-state index is -0.433. The summed E-state index contributed by atoms with van der Waals surface area (Å²) in [5.41, 5.74) is 6.31. The van der Waals surface area contributed by atoms with Crippen molar-refractivity contribution in [1.29, 1.82) is 0 Å². The number of amides is 1. The first kappa shape index (κ1) is 12.8. The number of hydrogen-bond acceptors (Lipinski definition) is 3. The van der Waals surface area contributed by atoms with E-state index in [0.717, 1.165) is 0 Å². The van der Waals surface area contributed by atoms with E-state index in [4.69, 9.17) is 22.4 Å². The molecule has 0 fully saturated rings. The third-order valence-corrected chi connectivity index (χ3v) is 2.47. The van der Waals surface area contributed by atoms with Gasteiger partial charge in [-0.15, -0.1) is 0 Å². The van der Waals surface area contributed by atoms with E-state index < -0.39 is 6.10 Å². The van der Waals surface area contributed by atoms with Crippen LogP contribution in [0.1, 0.15) is 23.7 Å². The molecule has 1 amide bonds. The van der Waals surface area contributed by atoms with Gasteiger partial charge in [0.15, 0.2) is 0 Å². The molecule has 0 aliphatic carbocycles. The van der Waals surface area contributed by atoms with Gasteiger partial charge in [-0.05, 0) is 25.5 Å². The fraction of sp³-hybridized carbons (Fsp3) is 0.364. The number of carbonyl (C=O) groups excluding carboxylic acids is 1. The molecule has 1 aromatic rings. The quantitative estimate of drug-likeness (QED) is 0.699. The second-order valence-corrected chi connectivity index (χ2v) is 4.00. The summed E-state index contributed by atoms with van der Waals surface area (Å²) in [7, 11) is 0. The largest absolute Gasteiger partial charge is 0.397 e. The van der Waals surface area contributed by atoms with Crippen LogP contribution in [0.5, 0.6) is 0 Å². The number of hydrogen-bond donors (Lipinski definition) is 3. The van der Waals surface area contributed by atoms with Crippen LogP contribution in [0.3, 0.4) is 0 Å². The molecule has 0 aliphatic heterocycles. The number of aliphatic hydroxyl groups is 1. The van der Waals surface area contributed by atoms with E-state index >= 15 is 0 Å². The molecule has 5 heteroatoms. The number of nitrogens with two attached hydrogens (primary N) is 1. The zero-order valence-electron chi connectivity index (χ0n) is 9.03. The Morgan fingerprint density at radius 1 is 1.62 bits per heavy atom. The summed E-state index contributed by atoms with van der Waals surface area (Å²) in [6, 6.07) is 4.91. The van der Waals surface area contributed by atoms with Crippen molar-refractivity contribution in [2.75, 3.05) is 12.3 Å². The normalized spacial score (nSPS) is 12.2. The molecule has 0 aliphatic rings. The standard InChI is InChI=1S/C11H15ClN2O2/c1-7(15)5-6-14-11(16)8-3-2-4-9(12)10(8)13/h2-4,7,15H,5-6,13H2,1H3,(H,14,16). The highest BCUT2D eigenvalue weighted by molar-refractivity contribution is 6.33. The Bertz CT molecular complexity index is 380. The summed E-state index contributed by atoms with van der Waals surface area (Å²) in [6.07, 6.45) is 0.0728. The molecule has 88 valence electrons. The third-order valence-electron chi connectivity index (χ3n) is 2.15. The van der Waals surface area contributed by atoms with Crippen LogP contribution < -0.4 is 11.1 Å². The van der Waals surface area contributed by atoms with Crippen LogP contribution in [0.15, 0.2) is 18.2 Å². The third kappa shape index (κ3) is 3.40. The molecule has 1 rings (SSSR count). The molecular formula is C11H15ClN2O2. The Morgan fingerprint density at radius 3 is 2.94 bits per heavy atom. The van der Waals surface area contributed by atoms with Crippen LogP contribution in [-0.2, 0) is 0 Å². The first-order chi connectivity index (χ1) is 7.52. The van der Waals surface area contributed by atoms with Gasteiger partial charge in [-0.3, -0.25) is 4.79 Å². The average Bonchev–Trinajstić information content (AvgIpc) is 2.21. The summed E-state index contributed by atoms with van der Waals surface area (Å²) in [5, 5.41) is 12.1. The van der Waals surface area contributed by atoms with Crippen LogP contribution in [0.25, 0.3) is 0 Å². The van der Waals surface area contributed by atoms with Gasteiger partial charge in [-0.2, -0.15) is 0 Å². The van der Waals surface area contributed by atoms with Crippen molar-refractivity contribution in [1.82, 2.24) is 5.32 Å². The van der Waals surface area contributed by atoms with E-state index in [1.54, 1.807) is 25.1 Å². The van der Waals surface area contributed by atoms with Crippen LogP contribution in [0, 0.1) is 0 Å². The number of halogens is 1. The number of para-hydroxylation sites is 1. The fourth-order valence-electron chi connectivity index (χ4n) is 1.22. The molecule has 0 aromatic heterocycles. The fourth-order valence-corrected chi connectivity index (χ4v) is 1.40. The first-order valence-corrected chi connectivity index (χ1v) is 5.40. The summed E-state index contributed by atoms with van der Waals surface area (Å²) in [5.74, 6) is -0.277. The summed E-state index contributed by atoms with van der Waals surface area (Å²) < 4.78 is 0. The minimum Gasteiger partial charge on any atom is -0.397 e. The van der Waals surface area contributed by atoms with E-state index in [2.05, 4.69) is 5.32 Å². The first-order valence-electron chi connectivity index (χ1n) is 5.02. The Morgan fingerprint density at radius 2 is 2.31 bits per heavy atom. The molecule has 4 N–H and O–H groups in total. The monoisotopic (exact) mass is 242 g/mol. The van der Waals surface area contributed by atoms with Crippen molar-refractivity contribution in [3.63, 3.8) is 0 Å². The smallest absolute Gasteiger partial charge is 0.253 e. The van der Waals surface area contributed by atoms with Crippen LogP contribution >= 0.6 is 11.6 Å². The molecule has 1 unspecified atom stereocenters. The number of rotatable bonds is 4. The number of nitrogen functional groups attached to an aromatic ring is 1. The lowest BCUT2D eigenvalue weighted by Crippen LogP contribution is -2.27. The maximum Gasteiger partial charge on any atom is 0.253 e. The molecule has 4 nitrogen and oxygen atoms in total. The van der Waals surface area contributed by atoms with E-state index in [-0.39, 0.29) is 11.6 Å². The van der Waals surface area contributed by atoms with Crippen molar-refractivity contribution in [2.24, 2.45) is 0 Å². The van der Waals surface area contributed by atoms with Crippen LogP contribution in [0.4, 0.5) is 5.69 Å². The molecule has 0 heterocycles. The highest BCUT2D eigenvalue weighted by atomic mass is 35.5. The van der Waals surface area contributed by atoms with Crippen molar-refractivity contribution in [2.45, 2.75) is 19.4 Å². The highest BCUT2D eigenvalue weighted by Gasteiger charge is 2.11. The summed E-state index contributed by atoms with van der Waals surface area (Å²) >= 11 is 5.80. The molecular weight excluding hydrogens is 228 g/mol. The Balaban J connectivity index is 2.63. The van der Waals surface area contributed by atoms with Crippen molar-refractivity contribution in [3.05, 3.63) is 28.8 Å². The number of aliphatic hydroxyl groups excluding tert-OH is 1. The summed E-state index contributed by atoms with van der Waals surface area (Å²) in [6.45, 7) is 2.07. The molecule has 16 heavy (non-hydrogen) atoms. The average molecular weight is 243 g/mol. The zero-order valence-corrected chi connectivity index (χ0v) is 9.79. The molecule has 1 aromatic carbocycles. The lowest BCUT2D eigenvalue weighted by Gasteiger charge is -2.09. The number of anilines is 1. The van der Waals surface area contributed by atoms with Gasteiger partial charge >= 0.3 is 0 Å². The minimum absolute atomic E-state index is 0.277. The second kappa shape index (κ2) is 5.72. The maximum absolute atomic E-state index is 11.7. The van der Waals surface area contributed by atoms with Gasteiger partial charge in [0.2, 0.25) is 0 Å². The molecule has 0 saturated heterocycles. The van der Waals surface area contributed by atoms with Crippen LogP contribution in [-0.4, -0.2) is 23.7 Å². The topological polar surface area (TPSA) is 75.3 Å². The van der Waals surface area contributed by atoms with Gasteiger partial charge in [-0.1, -0.05) is 17.7 Å². The maximum atomic E-state index is 11.7. The predicted octanol–water partition coefficient (Wildman–Crippen LogP) is 1.42. The number of carbonyl (C=O) groups is 1. The van der Waals surface area contributed by atoms with Gasteiger partial charge in [-0.25, -0.2) is 0 Å². The van der Waals surface area contributed by atoms with Gasteiger partial charge in [0.25, 0.3) is 5.91 Å². The molecule has 0 spiro atoms. The molecule has 1 atom stereocenters. The second-order valence-electron chi connectivity index (χ2n) is 3.59. The van der Waals surface area contributed by atoms with Gasteiger partial charge in [0.05, 0.1) is 22.4 Å². The molecule has 0 saturated carbocycles. The number of nitrogens with one attached hydrogen (secondary N) is 1. The predicted molar refractivity (Wildman–Crippen MR) is 64.5 cm³/mol. The van der Waals surface area contributed by atoms with Crippen molar-refractivity contribution >= 4 is 23.2 Å².